The number of ether oxygens (including phenoxy) is 3. The van der Waals surface area contributed by atoms with Gasteiger partial charge in [-0.3, -0.25) is 4.79 Å². The number of rotatable bonds is 4. The molecule has 2 aromatic carbocycles. The molecule has 27 heavy (non-hydrogen) atoms. The summed E-state index contributed by atoms with van der Waals surface area (Å²) < 4.78 is 54.1. The van der Waals surface area contributed by atoms with Crippen LogP contribution in [0.25, 0.3) is 0 Å². The van der Waals surface area contributed by atoms with Gasteiger partial charge in [-0.25, -0.2) is 4.79 Å². The lowest BCUT2D eigenvalue weighted by molar-refractivity contribution is -0.137. The van der Waals surface area contributed by atoms with E-state index in [1.165, 1.54) is 24.3 Å². The quantitative estimate of drug-likeness (QED) is 0.787. The third-order valence-electron chi connectivity index (χ3n) is 3.53. The number of esters is 1. The summed E-state index contributed by atoms with van der Waals surface area (Å²) in [6.45, 7) is -0.772. The summed E-state index contributed by atoms with van der Waals surface area (Å²) in [6, 6.07) is 7.37. The molecule has 0 radical (unpaired) electrons. The molecule has 0 saturated heterocycles. The average molecular weight is 402 g/mol. The van der Waals surface area contributed by atoms with E-state index >= 15 is 0 Å². The van der Waals surface area contributed by atoms with Crippen LogP contribution < -0.4 is 14.8 Å². The number of carbonyl (C=O) groups is 2. The maximum absolute atomic E-state index is 13.0. The Hall–Kier alpha value is -2.94. The lowest BCUT2D eigenvalue weighted by Crippen LogP contribution is -2.23. The molecular formula is C17H11ClF3NO5. The highest BCUT2D eigenvalue weighted by molar-refractivity contribution is 6.34. The molecule has 0 atom stereocenters. The number of amides is 1. The van der Waals surface area contributed by atoms with Crippen molar-refractivity contribution in [3.63, 3.8) is 0 Å². The number of carbonyl (C=O) groups excluding carboxylic acids is 2. The van der Waals surface area contributed by atoms with E-state index in [4.69, 9.17) is 25.8 Å². The number of nitrogens with one attached hydrogen (secondary N) is 1. The molecule has 0 spiro atoms. The lowest BCUT2D eigenvalue weighted by Gasteiger charge is -2.15. The Labute approximate surface area is 155 Å². The van der Waals surface area contributed by atoms with Gasteiger partial charge < -0.3 is 19.5 Å². The van der Waals surface area contributed by atoms with Gasteiger partial charge in [0.15, 0.2) is 18.1 Å². The van der Waals surface area contributed by atoms with Crippen LogP contribution in [0.15, 0.2) is 36.4 Å². The van der Waals surface area contributed by atoms with Crippen molar-refractivity contribution in [3.05, 3.63) is 52.5 Å². The number of anilines is 1. The van der Waals surface area contributed by atoms with Crippen LogP contribution in [-0.2, 0) is 15.7 Å². The molecule has 1 aliphatic rings. The van der Waals surface area contributed by atoms with Crippen molar-refractivity contribution in [2.75, 3.05) is 18.7 Å². The SMILES string of the molecule is O=C(COC(=O)c1ccc2c(c1)OCO2)Nc1c(Cl)cccc1C(F)(F)F. The fourth-order valence-electron chi connectivity index (χ4n) is 2.30. The number of hydrogen-bond donors (Lipinski definition) is 1. The first kappa shape index (κ1) is 18.8. The number of benzene rings is 2. The van der Waals surface area contributed by atoms with Crippen LogP contribution in [0.4, 0.5) is 18.9 Å². The van der Waals surface area contributed by atoms with Crippen molar-refractivity contribution in [2.24, 2.45) is 0 Å². The Morgan fingerprint density at radius 3 is 2.63 bits per heavy atom. The Bertz CT molecular complexity index is 901. The molecule has 1 heterocycles. The van der Waals surface area contributed by atoms with Crippen LogP contribution in [0, 0.1) is 0 Å². The van der Waals surface area contributed by atoms with Gasteiger partial charge in [0.1, 0.15) is 0 Å². The fraction of sp³-hybridized carbons (Fsp3) is 0.176. The van der Waals surface area contributed by atoms with Gasteiger partial charge in [0.05, 0.1) is 21.8 Å². The van der Waals surface area contributed by atoms with Crippen LogP contribution >= 0.6 is 11.6 Å². The Morgan fingerprint density at radius 1 is 1.15 bits per heavy atom. The van der Waals surface area contributed by atoms with Crippen LogP contribution in [0.5, 0.6) is 11.5 Å². The molecule has 2 aromatic rings. The zero-order valence-electron chi connectivity index (χ0n) is 13.4. The van der Waals surface area contributed by atoms with Gasteiger partial charge in [-0.05, 0) is 30.3 Å². The first-order valence-electron chi connectivity index (χ1n) is 7.48. The van der Waals surface area contributed by atoms with Gasteiger partial charge >= 0.3 is 12.1 Å². The summed E-state index contributed by atoms with van der Waals surface area (Å²) in [5.41, 5.74) is -1.61. The predicted molar refractivity (Wildman–Crippen MR) is 87.9 cm³/mol. The molecule has 0 bridgehead atoms. The molecular weight excluding hydrogens is 391 g/mol. The molecule has 0 aliphatic carbocycles. The van der Waals surface area contributed by atoms with Crippen molar-refractivity contribution >= 4 is 29.2 Å². The number of fused-ring (bicyclic) bond motifs is 1. The minimum atomic E-state index is -4.71. The maximum Gasteiger partial charge on any atom is 0.418 e. The van der Waals surface area contributed by atoms with E-state index in [2.05, 4.69) is 0 Å². The summed E-state index contributed by atoms with van der Waals surface area (Å²) in [7, 11) is 0. The molecule has 0 unspecified atom stereocenters. The first-order chi connectivity index (χ1) is 12.8. The van der Waals surface area contributed by atoms with E-state index in [9.17, 15) is 22.8 Å². The largest absolute Gasteiger partial charge is 0.454 e. The normalized spacial score (nSPS) is 12.6. The van der Waals surface area contributed by atoms with Gasteiger partial charge in [-0.15, -0.1) is 0 Å². The van der Waals surface area contributed by atoms with Crippen molar-refractivity contribution in [1.29, 1.82) is 0 Å². The van der Waals surface area contributed by atoms with Gasteiger partial charge in [0.25, 0.3) is 5.91 Å². The van der Waals surface area contributed by atoms with E-state index in [1.54, 1.807) is 0 Å². The van der Waals surface area contributed by atoms with Crippen LogP contribution in [0.1, 0.15) is 15.9 Å². The summed E-state index contributed by atoms with van der Waals surface area (Å²) >= 11 is 5.74. The van der Waals surface area contributed by atoms with E-state index in [1.807, 2.05) is 5.32 Å². The van der Waals surface area contributed by atoms with E-state index < -0.39 is 35.9 Å². The van der Waals surface area contributed by atoms with Gasteiger partial charge in [-0.2, -0.15) is 13.2 Å². The highest BCUT2D eigenvalue weighted by Gasteiger charge is 2.34. The second-order valence-electron chi connectivity index (χ2n) is 5.35. The summed E-state index contributed by atoms with van der Waals surface area (Å²) in [5, 5.41) is 1.73. The highest BCUT2D eigenvalue weighted by Crippen LogP contribution is 2.38. The molecule has 10 heteroatoms. The molecule has 0 aromatic heterocycles. The third-order valence-corrected chi connectivity index (χ3v) is 3.84. The summed E-state index contributed by atoms with van der Waals surface area (Å²) in [5.74, 6) is -1.01. The second-order valence-corrected chi connectivity index (χ2v) is 5.76. The lowest BCUT2D eigenvalue weighted by atomic mass is 10.1. The van der Waals surface area contributed by atoms with Crippen molar-refractivity contribution in [2.45, 2.75) is 6.18 Å². The fourth-order valence-corrected chi connectivity index (χ4v) is 2.52. The van der Waals surface area contributed by atoms with E-state index in [0.717, 1.165) is 12.1 Å². The van der Waals surface area contributed by atoms with Gasteiger partial charge in [0.2, 0.25) is 6.79 Å². The number of hydrogen-bond acceptors (Lipinski definition) is 5. The minimum Gasteiger partial charge on any atom is -0.454 e. The van der Waals surface area contributed by atoms with Crippen molar-refractivity contribution in [1.82, 2.24) is 0 Å². The van der Waals surface area contributed by atoms with E-state index in [0.29, 0.717) is 11.5 Å². The minimum absolute atomic E-state index is 0.0234. The van der Waals surface area contributed by atoms with Crippen molar-refractivity contribution in [3.8, 4) is 11.5 Å². The highest BCUT2D eigenvalue weighted by atomic mass is 35.5. The number of para-hydroxylation sites is 1. The van der Waals surface area contributed by atoms with Gasteiger partial charge in [0, 0.05) is 0 Å². The van der Waals surface area contributed by atoms with E-state index in [-0.39, 0.29) is 17.4 Å². The molecule has 142 valence electrons. The number of halogens is 4. The molecule has 0 fully saturated rings. The zero-order chi connectivity index (χ0) is 19.6. The van der Waals surface area contributed by atoms with Crippen LogP contribution in [0.3, 0.4) is 0 Å². The Morgan fingerprint density at radius 2 is 1.89 bits per heavy atom. The first-order valence-corrected chi connectivity index (χ1v) is 7.86. The summed E-state index contributed by atoms with van der Waals surface area (Å²) in [4.78, 5) is 23.9. The van der Waals surface area contributed by atoms with Gasteiger partial charge in [-0.1, -0.05) is 17.7 Å². The maximum atomic E-state index is 13.0. The standard InChI is InChI=1S/C17H11ClF3NO5/c18-11-3-1-2-10(17(19,20)21)15(11)22-14(23)7-25-16(24)9-4-5-12-13(6-9)27-8-26-12/h1-6H,7-8H2,(H,22,23). The second kappa shape index (κ2) is 7.36. The Kier molecular flexibility index (Phi) is 5.13. The molecule has 1 amide bonds. The molecule has 0 saturated carbocycles. The van der Waals surface area contributed by atoms with Crippen molar-refractivity contribution < 1.29 is 37.0 Å². The average Bonchev–Trinajstić information content (AvgIpc) is 3.08. The molecule has 3 rings (SSSR count). The molecule has 1 aliphatic heterocycles. The third kappa shape index (κ3) is 4.25. The van der Waals surface area contributed by atoms with Crippen LogP contribution in [0.2, 0.25) is 5.02 Å². The monoisotopic (exact) mass is 401 g/mol. The van der Waals surface area contributed by atoms with Crippen LogP contribution in [-0.4, -0.2) is 25.3 Å². The molecule has 1 N–H and O–H groups in total. The Balaban J connectivity index is 1.65. The zero-order valence-corrected chi connectivity index (χ0v) is 14.2. The predicted octanol–water partition coefficient (Wildman–Crippen LogP) is 3.88. The number of alkyl halides is 3. The summed E-state index contributed by atoms with van der Waals surface area (Å²) in [6.07, 6.45) is -4.71. The molecule has 6 nitrogen and oxygen atoms in total. The topological polar surface area (TPSA) is 73.9 Å². The smallest absolute Gasteiger partial charge is 0.418 e.